The topological polar surface area (TPSA) is 161 Å². The number of hydrogen-bond donors (Lipinski definition) is 5. The van der Waals surface area contributed by atoms with Crippen LogP contribution in [0, 0.1) is 17.8 Å². The predicted molar refractivity (Wildman–Crippen MR) is 88.6 cm³/mol. The molecule has 10 nitrogen and oxygen atoms in total. The number of carbonyl (C=O) groups excluding carboxylic acids is 1. The number of esters is 1. The first-order valence-electron chi connectivity index (χ1n) is 8.97. The average molecular weight is 389 g/mol. The summed E-state index contributed by atoms with van der Waals surface area (Å²) in [7, 11) is 1.27. The summed E-state index contributed by atoms with van der Waals surface area (Å²) >= 11 is 0. The minimum Gasteiger partial charge on any atom is -0.472 e. The normalized spacial score (nSPS) is 47.0. The third kappa shape index (κ3) is 3.58. The summed E-state index contributed by atoms with van der Waals surface area (Å²) in [6, 6.07) is 0. The average Bonchev–Trinajstić information content (AvgIpc) is 2.96. The van der Waals surface area contributed by atoms with E-state index in [1.807, 2.05) is 6.92 Å². The van der Waals surface area contributed by atoms with Gasteiger partial charge in [-0.3, -0.25) is 0 Å². The zero-order valence-corrected chi connectivity index (χ0v) is 15.2. The van der Waals surface area contributed by atoms with Crippen LogP contribution in [-0.4, -0.2) is 83.1 Å². The Labute approximate surface area is 156 Å². The molecule has 2 heterocycles. The number of fused-ring (bicyclic) bond motifs is 1. The van der Waals surface area contributed by atoms with Gasteiger partial charge in [-0.1, -0.05) is 6.92 Å². The second-order valence-electron chi connectivity index (χ2n) is 7.30. The molecule has 0 aromatic carbocycles. The molecule has 27 heavy (non-hydrogen) atoms. The number of aliphatic hydroxyl groups excluding tert-OH is 4. The van der Waals surface area contributed by atoms with Gasteiger partial charge in [0.25, 0.3) is 0 Å². The van der Waals surface area contributed by atoms with Crippen molar-refractivity contribution in [3.05, 3.63) is 11.8 Å². The lowest BCUT2D eigenvalue weighted by Crippen LogP contribution is -2.61. The number of nitrogens with two attached hydrogens (primary N) is 1. The lowest BCUT2D eigenvalue weighted by atomic mass is 9.83. The van der Waals surface area contributed by atoms with Crippen LogP contribution in [0.25, 0.3) is 0 Å². The number of methoxy groups -OCH3 is 1. The molecule has 1 saturated carbocycles. The summed E-state index contributed by atoms with van der Waals surface area (Å²) in [6.07, 6.45) is -6.58. The quantitative estimate of drug-likeness (QED) is 0.334. The van der Waals surface area contributed by atoms with Gasteiger partial charge in [-0.2, -0.15) is 0 Å². The van der Waals surface area contributed by atoms with E-state index in [2.05, 4.69) is 0 Å². The Bertz CT molecular complexity index is 583. The third-order valence-corrected chi connectivity index (χ3v) is 5.81. The van der Waals surface area contributed by atoms with Crippen LogP contribution in [0.4, 0.5) is 0 Å². The van der Waals surface area contributed by atoms with Crippen molar-refractivity contribution in [3.8, 4) is 0 Å². The van der Waals surface area contributed by atoms with E-state index in [0.717, 1.165) is 0 Å². The van der Waals surface area contributed by atoms with Gasteiger partial charge in [0.05, 0.1) is 25.0 Å². The summed E-state index contributed by atoms with van der Waals surface area (Å²) in [5.41, 5.74) is 5.84. The molecular formula is C17H27NO9. The van der Waals surface area contributed by atoms with Crippen molar-refractivity contribution in [2.75, 3.05) is 13.7 Å². The lowest BCUT2D eigenvalue weighted by Gasteiger charge is -2.43. The van der Waals surface area contributed by atoms with E-state index in [1.54, 1.807) is 0 Å². The van der Waals surface area contributed by atoms with Crippen LogP contribution >= 0.6 is 0 Å². The van der Waals surface area contributed by atoms with Crippen molar-refractivity contribution in [2.24, 2.45) is 23.5 Å². The van der Waals surface area contributed by atoms with E-state index in [9.17, 15) is 25.2 Å². The van der Waals surface area contributed by atoms with Crippen molar-refractivity contribution in [3.63, 3.8) is 0 Å². The molecule has 0 spiro atoms. The molecule has 0 amide bonds. The molecule has 1 aliphatic carbocycles. The Morgan fingerprint density at radius 2 is 1.93 bits per heavy atom. The monoisotopic (exact) mass is 389 g/mol. The van der Waals surface area contributed by atoms with E-state index >= 15 is 0 Å². The SMILES string of the molecule is COC(=O)C1=CO[C@@H](O[C@@H]2O[C@H](CN)[C@@H](O)[C@H](O)[C@H]2O)[C@@H]2[C@@H](C)[C@@H](O)C[C@H]12. The standard InChI is InChI=1S/C17H27NO9/c1-6-9(19)3-7-8(15(23)24-2)5-25-16(11(6)7)27-17-14(22)13(21)12(20)10(4-18)26-17/h5-7,9-14,16-17,19-22H,3-4,18H2,1-2H3/t6-,7+,9-,10+,11+,12+,13-,14+,16-,17-/m0/s1. The molecule has 6 N–H and O–H groups in total. The number of carbonyl (C=O) groups is 1. The maximum absolute atomic E-state index is 12.0. The summed E-state index contributed by atoms with van der Waals surface area (Å²) in [5, 5.41) is 40.4. The summed E-state index contributed by atoms with van der Waals surface area (Å²) in [6.45, 7) is 1.73. The van der Waals surface area contributed by atoms with Crippen LogP contribution in [0.2, 0.25) is 0 Å². The van der Waals surface area contributed by atoms with E-state index in [4.69, 9.17) is 24.7 Å². The van der Waals surface area contributed by atoms with E-state index < -0.39 is 55.0 Å². The highest BCUT2D eigenvalue weighted by Gasteiger charge is 2.53. The summed E-state index contributed by atoms with van der Waals surface area (Å²) < 4.78 is 21.6. The fourth-order valence-electron chi connectivity index (χ4n) is 4.14. The molecule has 10 heteroatoms. The third-order valence-electron chi connectivity index (χ3n) is 5.81. The zero-order chi connectivity index (χ0) is 19.9. The van der Waals surface area contributed by atoms with Crippen molar-refractivity contribution >= 4 is 5.97 Å². The first-order chi connectivity index (χ1) is 12.8. The molecule has 10 atom stereocenters. The Morgan fingerprint density at radius 3 is 2.56 bits per heavy atom. The van der Waals surface area contributed by atoms with E-state index in [1.165, 1.54) is 13.4 Å². The molecule has 2 fully saturated rings. The van der Waals surface area contributed by atoms with Crippen LogP contribution in [-0.2, 0) is 23.7 Å². The van der Waals surface area contributed by atoms with Gasteiger partial charge in [-0.15, -0.1) is 0 Å². The van der Waals surface area contributed by atoms with Gasteiger partial charge >= 0.3 is 5.97 Å². The fourth-order valence-corrected chi connectivity index (χ4v) is 4.14. The van der Waals surface area contributed by atoms with Crippen LogP contribution in [0.3, 0.4) is 0 Å². The van der Waals surface area contributed by atoms with Gasteiger partial charge in [0.15, 0.2) is 6.29 Å². The zero-order valence-electron chi connectivity index (χ0n) is 15.2. The van der Waals surface area contributed by atoms with E-state index in [0.29, 0.717) is 12.0 Å². The molecule has 0 aromatic rings. The Morgan fingerprint density at radius 1 is 1.22 bits per heavy atom. The molecular weight excluding hydrogens is 362 g/mol. The fraction of sp³-hybridized carbons (Fsp3) is 0.824. The Kier molecular flexibility index (Phi) is 6.06. The van der Waals surface area contributed by atoms with Gasteiger partial charge in [-0.25, -0.2) is 4.79 Å². The Hall–Kier alpha value is -1.27. The maximum Gasteiger partial charge on any atom is 0.337 e. The van der Waals surface area contributed by atoms with Gasteiger partial charge in [0.1, 0.15) is 24.4 Å². The summed E-state index contributed by atoms with van der Waals surface area (Å²) in [5.74, 6) is -1.53. The molecule has 2 aliphatic heterocycles. The van der Waals surface area contributed by atoms with E-state index in [-0.39, 0.29) is 18.4 Å². The second kappa shape index (κ2) is 8.00. The molecule has 1 saturated heterocycles. The van der Waals surface area contributed by atoms with Crippen LogP contribution in [0.15, 0.2) is 11.8 Å². The minimum atomic E-state index is -1.52. The molecule has 0 bridgehead atoms. The highest BCUT2D eigenvalue weighted by atomic mass is 16.8. The number of rotatable bonds is 4. The smallest absolute Gasteiger partial charge is 0.337 e. The molecule has 3 rings (SSSR count). The molecule has 3 aliphatic rings. The minimum absolute atomic E-state index is 0.0795. The van der Waals surface area contributed by atoms with Crippen molar-refractivity contribution in [1.29, 1.82) is 0 Å². The van der Waals surface area contributed by atoms with Gasteiger partial charge in [-0.05, 0) is 12.3 Å². The number of hydrogen-bond acceptors (Lipinski definition) is 10. The lowest BCUT2D eigenvalue weighted by molar-refractivity contribution is -0.338. The van der Waals surface area contributed by atoms with Crippen LogP contribution in [0.5, 0.6) is 0 Å². The molecule has 0 aromatic heterocycles. The Balaban J connectivity index is 1.80. The first-order valence-corrected chi connectivity index (χ1v) is 8.97. The number of ether oxygens (including phenoxy) is 4. The molecule has 0 radical (unpaired) electrons. The predicted octanol–water partition coefficient (Wildman–Crippen LogP) is -2.18. The van der Waals surface area contributed by atoms with Crippen molar-refractivity contribution in [1.82, 2.24) is 0 Å². The van der Waals surface area contributed by atoms with Crippen LogP contribution in [0.1, 0.15) is 13.3 Å². The van der Waals surface area contributed by atoms with Gasteiger partial charge in [0.2, 0.25) is 6.29 Å². The summed E-state index contributed by atoms with van der Waals surface area (Å²) in [4.78, 5) is 12.0. The maximum atomic E-state index is 12.0. The molecule has 154 valence electrons. The highest BCUT2D eigenvalue weighted by molar-refractivity contribution is 5.89. The first kappa shape index (κ1) is 20.5. The van der Waals surface area contributed by atoms with Gasteiger partial charge in [0, 0.05) is 18.4 Å². The van der Waals surface area contributed by atoms with Crippen LogP contribution < -0.4 is 5.73 Å². The number of aliphatic hydroxyl groups is 4. The largest absolute Gasteiger partial charge is 0.472 e. The van der Waals surface area contributed by atoms with Crippen molar-refractivity contribution < 1.29 is 44.2 Å². The van der Waals surface area contributed by atoms with Gasteiger partial charge < -0.3 is 45.1 Å². The van der Waals surface area contributed by atoms with Crippen molar-refractivity contribution in [2.45, 2.75) is 56.4 Å². The highest BCUT2D eigenvalue weighted by Crippen LogP contribution is 2.47. The molecule has 0 unspecified atom stereocenters. The second-order valence-corrected chi connectivity index (χ2v) is 7.30.